The molecule has 112 valence electrons. The fourth-order valence-corrected chi connectivity index (χ4v) is 3.22. The molecule has 0 fully saturated rings. The third-order valence-electron chi connectivity index (χ3n) is 3.20. The average Bonchev–Trinajstić information content (AvgIpc) is 2.60. The quantitative estimate of drug-likeness (QED) is 0.631. The highest BCUT2D eigenvalue weighted by molar-refractivity contribution is 7.98. The van der Waals surface area contributed by atoms with E-state index in [1.807, 2.05) is 42.5 Å². The molecule has 5 heteroatoms. The Bertz CT molecular complexity index is 860. The number of pyridine rings is 2. The van der Waals surface area contributed by atoms with E-state index < -0.39 is 0 Å². The van der Waals surface area contributed by atoms with Crippen LogP contribution in [-0.4, -0.2) is 9.97 Å². The normalized spacial score (nSPS) is 10.3. The van der Waals surface area contributed by atoms with Crippen molar-refractivity contribution in [3.8, 4) is 17.3 Å². The zero-order valence-corrected chi connectivity index (χ0v) is 13.7. The summed E-state index contributed by atoms with van der Waals surface area (Å²) < 4.78 is 0. The van der Waals surface area contributed by atoms with Crippen molar-refractivity contribution in [2.45, 2.75) is 10.8 Å². The van der Waals surface area contributed by atoms with Gasteiger partial charge in [0, 0.05) is 28.7 Å². The molecule has 0 saturated carbocycles. The molecule has 2 aromatic heterocycles. The third-order valence-corrected chi connectivity index (χ3v) is 4.50. The molecule has 3 aromatic rings. The van der Waals surface area contributed by atoms with Crippen molar-refractivity contribution in [1.82, 2.24) is 9.97 Å². The Hall–Kier alpha value is -2.35. The Balaban J connectivity index is 1.87. The van der Waals surface area contributed by atoms with E-state index >= 15 is 0 Å². The zero-order valence-electron chi connectivity index (χ0n) is 12.1. The van der Waals surface area contributed by atoms with E-state index in [-0.39, 0.29) is 0 Å². The van der Waals surface area contributed by atoms with Gasteiger partial charge >= 0.3 is 0 Å². The lowest BCUT2D eigenvalue weighted by atomic mass is 10.2. The van der Waals surface area contributed by atoms with Crippen molar-refractivity contribution in [2.24, 2.45) is 0 Å². The number of thioether (sulfide) groups is 1. The molecule has 0 aliphatic rings. The molecule has 0 aliphatic heterocycles. The third kappa shape index (κ3) is 3.89. The zero-order chi connectivity index (χ0) is 16.1. The average molecular weight is 338 g/mol. The summed E-state index contributed by atoms with van der Waals surface area (Å²) in [4.78, 5) is 8.73. The van der Waals surface area contributed by atoms with Crippen LogP contribution in [0.4, 0.5) is 0 Å². The molecule has 0 unspecified atom stereocenters. The van der Waals surface area contributed by atoms with Gasteiger partial charge in [0.25, 0.3) is 0 Å². The molecule has 0 bridgehead atoms. The van der Waals surface area contributed by atoms with Crippen LogP contribution < -0.4 is 0 Å². The second-order valence-electron chi connectivity index (χ2n) is 4.82. The molecular weight excluding hydrogens is 326 g/mol. The number of halogens is 1. The standard InChI is InChI=1S/C18H12ClN3S/c19-16-5-1-3-13(9-16)12-23-18-14(10-20)6-7-17(22-18)15-4-2-8-21-11-15/h1-9,11H,12H2. The van der Waals surface area contributed by atoms with Gasteiger partial charge in [-0.05, 0) is 42.0 Å². The summed E-state index contributed by atoms with van der Waals surface area (Å²) in [7, 11) is 0. The largest absolute Gasteiger partial charge is 0.264 e. The Morgan fingerprint density at radius 3 is 2.78 bits per heavy atom. The van der Waals surface area contributed by atoms with Gasteiger partial charge in [-0.25, -0.2) is 4.98 Å². The summed E-state index contributed by atoms with van der Waals surface area (Å²) in [6.07, 6.45) is 3.49. The summed E-state index contributed by atoms with van der Waals surface area (Å²) in [5.41, 5.74) is 3.41. The highest BCUT2D eigenvalue weighted by Gasteiger charge is 2.08. The van der Waals surface area contributed by atoms with E-state index in [2.05, 4.69) is 16.0 Å². The van der Waals surface area contributed by atoms with Gasteiger partial charge in [0.05, 0.1) is 11.3 Å². The first-order valence-corrected chi connectivity index (χ1v) is 8.31. The second kappa shape index (κ2) is 7.28. The van der Waals surface area contributed by atoms with Crippen molar-refractivity contribution in [3.05, 3.63) is 77.1 Å². The molecule has 2 heterocycles. The maximum atomic E-state index is 9.28. The van der Waals surface area contributed by atoms with Crippen LogP contribution in [0.15, 0.2) is 66.0 Å². The first-order valence-electron chi connectivity index (χ1n) is 6.95. The molecule has 0 spiro atoms. The molecule has 0 amide bonds. The van der Waals surface area contributed by atoms with Crippen LogP contribution in [0.3, 0.4) is 0 Å². The number of rotatable bonds is 4. The van der Waals surface area contributed by atoms with E-state index in [9.17, 15) is 5.26 Å². The first kappa shape index (κ1) is 15.5. The summed E-state index contributed by atoms with van der Waals surface area (Å²) in [5, 5.41) is 10.7. The predicted octanol–water partition coefficient (Wildman–Crippen LogP) is 4.96. The van der Waals surface area contributed by atoms with E-state index in [1.54, 1.807) is 18.5 Å². The Morgan fingerprint density at radius 1 is 1.13 bits per heavy atom. The predicted molar refractivity (Wildman–Crippen MR) is 93.2 cm³/mol. The summed E-state index contributed by atoms with van der Waals surface area (Å²) in [5.74, 6) is 0.707. The molecule has 0 N–H and O–H groups in total. The maximum absolute atomic E-state index is 9.28. The molecule has 0 radical (unpaired) electrons. The van der Waals surface area contributed by atoms with Crippen LogP contribution in [-0.2, 0) is 5.75 Å². The van der Waals surface area contributed by atoms with Gasteiger partial charge in [-0.15, -0.1) is 11.8 Å². The van der Waals surface area contributed by atoms with Crippen LogP contribution >= 0.6 is 23.4 Å². The number of nitriles is 1. The minimum atomic E-state index is 0.574. The number of hydrogen-bond donors (Lipinski definition) is 0. The fraction of sp³-hybridized carbons (Fsp3) is 0.0556. The van der Waals surface area contributed by atoms with Crippen LogP contribution in [0.2, 0.25) is 5.02 Å². The van der Waals surface area contributed by atoms with Gasteiger partial charge in [-0.3, -0.25) is 4.98 Å². The summed E-state index contributed by atoms with van der Waals surface area (Å²) in [6.45, 7) is 0. The van der Waals surface area contributed by atoms with Crippen molar-refractivity contribution in [2.75, 3.05) is 0 Å². The maximum Gasteiger partial charge on any atom is 0.115 e. The fourth-order valence-electron chi connectivity index (χ4n) is 2.09. The lowest BCUT2D eigenvalue weighted by molar-refractivity contribution is 1.11. The monoisotopic (exact) mass is 337 g/mol. The summed E-state index contributed by atoms with van der Waals surface area (Å²) >= 11 is 7.54. The Labute approximate surface area is 144 Å². The van der Waals surface area contributed by atoms with Gasteiger partial charge in [-0.1, -0.05) is 23.7 Å². The SMILES string of the molecule is N#Cc1ccc(-c2cccnc2)nc1SCc1cccc(Cl)c1. The Morgan fingerprint density at radius 2 is 2.04 bits per heavy atom. The van der Waals surface area contributed by atoms with Crippen LogP contribution in [0.1, 0.15) is 11.1 Å². The Kier molecular flexibility index (Phi) is 4.92. The van der Waals surface area contributed by atoms with Crippen molar-refractivity contribution < 1.29 is 0 Å². The smallest absolute Gasteiger partial charge is 0.115 e. The van der Waals surface area contributed by atoms with E-state index in [0.29, 0.717) is 21.4 Å². The first-order chi connectivity index (χ1) is 11.3. The van der Waals surface area contributed by atoms with Crippen molar-refractivity contribution >= 4 is 23.4 Å². The van der Waals surface area contributed by atoms with Crippen molar-refractivity contribution in [1.29, 1.82) is 5.26 Å². The molecule has 3 nitrogen and oxygen atoms in total. The minimum absolute atomic E-state index is 0.574. The van der Waals surface area contributed by atoms with Gasteiger partial charge < -0.3 is 0 Å². The highest BCUT2D eigenvalue weighted by atomic mass is 35.5. The van der Waals surface area contributed by atoms with Crippen LogP contribution in [0.5, 0.6) is 0 Å². The lowest BCUT2D eigenvalue weighted by Gasteiger charge is -2.07. The minimum Gasteiger partial charge on any atom is -0.264 e. The highest BCUT2D eigenvalue weighted by Crippen LogP contribution is 2.28. The number of aromatic nitrogens is 2. The van der Waals surface area contributed by atoms with E-state index in [0.717, 1.165) is 16.8 Å². The van der Waals surface area contributed by atoms with Gasteiger partial charge in [0.15, 0.2) is 0 Å². The molecule has 0 saturated heterocycles. The number of hydrogen-bond acceptors (Lipinski definition) is 4. The van der Waals surface area contributed by atoms with E-state index in [4.69, 9.17) is 11.6 Å². The molecule has 23 heavy (non-hydrogen) atoms. The number of nitrogens with zero attached hydrogens (tertiary/aromatic N) is 3. The van der Waals surface area contributed by atoms with Gasteiger partial charge in [0.2, 0.25) is 0 Å². The van der Waals surface area contributed by atoms with E-state index in [1.165, 1.54) is 11.8 Å². The molecule has 3 rings (SSSR count). The summed E-state index contributed by atoms with van der Waals surface area (Å²) in [6, 6.07) is 17.4. The number of benzene rings is 1. The van der Waals surface area contributed by atoms with Crippen LogP contribution in [0.25, 0.3) is 11.3 Å². The van der Waals surface area contributed by atoms with Crippen LogP contribution in [0, 0.1) is 11.3 Å². The second-order valence-corrected chi connectivity index (χ2v) is 6.22. The lowest BCUT2D eigenvalue weighted by Crippen LogP contribution is -1.92. The van der Waals surface area contributed by atoms with Gasteiger partial charge in [0.1, 0.15) is 11.1 Å². The van der Waals surface area contributed by atoms with Gasteiger partial charge in [-0.2, -0.15) is 5.26 Å². The molecule has 1 aromatic carbocycles. The molecular formula is C18H12ClN3S. The van der Waals surface area contributed by atoms with Crippen molar-refractivity contribution in [3.63, 3.8) is 0 Å². The molecule has 0 atom stereocenters. The topological polar surface area (TPSA) is 49.6 Å². The molecule has 0 aliphatic carbocycles.